The van der Waals surface area contributed by atoms with Crippen LogP contribution in [0, 0.1) is 5.92 Å². The summed E-state index contributed by atoms with van der Waals surface area (Å²) in [4.78, 5) is 14.2. The maximum atomic E-state index is 12.1. The standard InChI is InChI=1S/C13H19INO3/c1-15(2)8-4-3-5-11(16)10-6-7-12-13(9-10)18-14-17-12/h6-7,10H,3-5,8-9H2,1-2H3/q-1. The van der Waals surface area contributed by atoms with Gasteiger partial charge in [0.15, 0.2) is 0 Å². The van der Waals surface area contributed by atoms with Crippen LogP contribution in [0.15, 0.2) is 23.7 Å². The average molecular weight is 364 g/mol. The zero-order valence-corrected chi connectivity index (χ0v) is 13.0. The van der Waals surface area contributed by atoms with Crippen molar-refractivity contribution in [3.05, 3.63) is 23.7 Å². The van der Waals surface area contributed by atoms with Gasteiger partial charge in [0.25, 0.3) is 0 Å². The Balaban J connectivity index is 1.73. The Labute approximate surface area is 119 Å². The molecule has 1 atom stereocenters. The molecule has 102 valence electrons. The summed E-state index contributed by atoms with van der Waals surface area (Å²) in [6, 6.07) is 0. The molecule has 5 heteroatoms. The summed E-state index contributed by atoms with van der Waals surface area (Å²) in [5, 5.41) is 0. The zero-order valence-electron chi connectivity index (χ0n) is 10.8. The Hall–Kier alpha value is -0.560. The van der Waals surface area contributed by atoms with Crippen LogP contribution in [0.5, 0.6) is 0 Å². The van der Waals surface area contributed by atoms with Crippen molar-refractivity contribution in [2.45, 2.75) is 25.7 Å². The second-order valence-corrected chi connectivity index (χ2v) is 6.14. The van der Waals surface area contributed by atoms with Crippen LogP contribution < -0.4 is 22.0 Å². The summed E-state index contributed by atoms with van der Waals surface area (Å²) >= 11 is -0.614. The molecule has 0 bridgehead atoms. The summed E-state index contributed by atoms with van der Waals surface area (Å²) in [5.74, 6) is 2.05. The Kier molecular flexibility index (Phi) is 5.05. The first-order valence-electron chi connectivity index (χ1n) is 6.24. The van der Waals surface area contributed by atoms with Gasteiger partial charge in [-0.25, -0.2) is 0 Å². The van der Waals surface area contributed by atoms with E-state index < -0.39 is 22.0 Å². The third kappa shape index (κ3) is 3.71. The second-order valence-electron chi connectivity index (χ2n) is 4.90. The van der Waals surface area contributed by atoms with Gasteiger partial charge in [-0.15, -0.1) is 0 Å². The van der Waals surface area contributed by atoms with Crippen molar-refractivity contribution < 1.29 is 33.0 Å². The molecule has 0 saturated carbocycles. The third-order valence-corrected chi connectivity index (χ3v) is 4.46. The summed E-state index contributed by atoms with van der Waals surface area (Å²) in [5.41, 5.74) is 0. The number of ketones is 1. The van der Waals surface area contributed by atoms with Gasteiger partial charge in [0, 0.05) is 0 Å². The summed E-state index contributed by atoms with van der Waals surface area (Å²) < 4.78 is 10.8. The number of carbonyl (C=O) groups is 1. The number of hydrogen-bond acceptors (Lipinski definition) is 4. The minimum atomic E-state index is -0.614. The van der Waals surface area contributed by atoms with E-state index in [9.17, 15) is 4.79 Å². The van der Waals surface area contributed by atoms with Gasteiger partial charge in [0.2, 0.25) is 0 Å². The zero-order chi connectivity index (χ0) is 13.0. The number of Topliss-reactive ketones (excluding diaryl/α,β-unsaturated/α-hetero) is 1. The average Bonchev–Trinajstić information content (AvgIpc) is 2.81. The predicted octanol–water partition coefficient (Wildman–Crippen LogP) is -0.959. The molecular weight excluding hydrogens is 345 g/mol. The van der Waals surface area contributed by atoms with Gasteiger partial charge < -0.3 is 0 Å². The van der Waals surface area contributed by atoms with E-state index in [0.717, 1.165) is 30.9 Å². The summed E-state index contributed by atoms with van der Waals surface area (Å²) in [7, 11) is 4.11. The number of rotatable bonds is 6. The van der Waals surface area contributed by atoms with Gasteiger partial charge in [-0.05, 0) is 0 Å². The van der Waals surface area contributed by atoms with Crippen LogP contribution in [0.4, 0.5) is 0 Å². The first-order valence-corrected chi connectivity index (χ1v) is 8.00. The second kappa shape index (κ2) is 6.56. The number of unbranched alkanes of at least 4 members (excludes halogenated alkanes) is 1. The van der Waals surface area contributed by atoms with E-state index in [0.29, 0.717) is 18.6 Å². The van der Waals surface area contributed by atoms with E-state index >= 15 is 0 Å². The SMILES string of the molecule is CN(C)CCCCC(=O)C1C=CC2=C(C1)O[I-]O2. The van der Waals surface area contributed by atoms with E-state index in [1.165, 1.54) is 0 Å². The topological polar surface area (TPSA) is 38.8 Å². The normalized spacial score (nSPS) is 22.3. The molecule has 1 aliphatic heterocycles. The van der Waals surface area contributed by atoms with Crippen LogP contribution in [-0.4, -0.2) is 31.3 Å². The van der Waals surface area contributed by atoms with Crippen LogP contribution in [-0.2, 0) is 10.9 Å². The molecular formula is C13H19INO3-. The molecule has 0 amide bonds. The van der Waals surface area contributed by atoms with Crippen LogP contribution in [0.2, 0.25) is 0 Å². The van der Waals surface area contributed by atoms with Gasteiger partial charge in [-0.2, -0.15) is 0 Å². The molecule has 2 aliphatic rings. The molecule has 0 saturated heterocycles. The van der Waals surface area contributed by atoms with E-state index in [2.05, 4.69) is 19.0 Å². The summed E-state index contributed by atoms with van der Waals surface area (Å²) in [6.45, 7) is 1.05. The van der Waals surface area contributed by atoms with Crippen molar-refractivity contribution >= 4 is 5.78 Å². The fraction of sp³-hybridized carbons (Fsp3) is 0.615. The molecule has 1 aliphatic carbocycles. The molecule has 0 spiro atoms. The van der Waals surface area contributed by atoms with Crippen LogP contribution in [0.3, 0.4) is 0 Å². The molecule has 0 aromatic heterocycles. The summed E-state index contributed by atoms with van der Waals surface area (Å²) in [6.07, 6.45) is 7.27. The van der Waals surface area contributed by atoms with Crippen molar-refractivity contribution in [1.29, 1.82) is 0 Å². The quantitative estimate of drug-likeness (QED) is 0.450. The fourth-order valence-electron chi connectivity index (χ4n) is 2.02. The molecule has 1 heterocycles. The van der Waals surface area contributed by atoms with Gasteiger partial charge >= 0.3 is 120 Å². The molecule has 1 unspecified atom stereocenters. The van der Waals surface area contributed by atoms with Gasteiger partial charge in [-0.1, -0.05) is 0 Å². The molecule has 0 radical (unpaired) electrons. The van der Waals surface area contributed by atoms with E-state index in [1.54, 1.807) is 0 Å². The van der Waals surface area contributed by atoms with Crippen LogP contribution in [0.1, 0.15) is 25.7 Å². The van der Waals surface area contributed by atoms with Crippen molar-refractivity contribution in [2.24, 2.45) is 5.92 Å². The Morgan fingerprint density at radius 3 is 3.06 bits per heavy atom. The predicted molar refractivity (Wildman–Crippen MR) is 63.9 cm³/mol. The van der Waals surface area contributed by atoms with Gasteiger partial charge in [0.05, 0.1) is 0 Å². The molecule has 0 N–H and O–H groups in total. The van der Waals surface area contributed by atoms with Gasteiger partial charge in [0.1, 0.15) is 0 Å². The van der Waals surface area contributed by atoms with E-state index in [1.807, 2.05) is 12.2 Å². The molecule has 18 heavy (non-hydrogen) atoms. The maximum absolute atomic E-state index is 12.1. The molecule has 0 aromatic rings. The fourth-order valence-corrected chi connectivity index (χ4v) is 3.31. The first kappa shape index (κ1) is 13.9. The van der Waals surface area contributed by atoms with Crippen molar-refractivity contribution in [1.82, 2.24) is 4.90 Å². The molecule has 0 aromatic carbocycles. The van der Waals surface area contributed by atoms with E-state index in [4.69, 9.17) is 6.13 Å². The third-order valence-electron chi connectivity index (χ3n) is 3.09. The minimum absolute atomic E-state index is 0.00573. The number of carbonyl (C=O) groups excluding carboxylic acids is 1. The molecule has 0 fully saturated rings. The van der Waals surface area contributed by atoms with Crippen LogP contribution >= 0.6 is 0 Å². The Bertz CT molecular complexity index is 376. The number of hydrogen-bond donors (Lipinski definition) is 0. The van der Waals surface area contributed by atoms with Crippen LogP contribution in [0.25, 0.3) is 0 Å². The Morgan fingerprint density at radius 1 is 1.44 bits per heavy atom. The van der Waals surface area contributed by atoms with Gasteiger partial charge in [-0.3, -0.25) is 0 Å². The molecule has 4 nitrogen and oxygen atoms in total. The van der Waals surface area contributed by atoms with Crippen molar-refractivity contribution in [3.63, 3.8) is 0 Å². The van der Waals surface area contributed by atoms with Crippen molar-refractivity contribution in [3.8, 4) is 0 Å². The van der Waals surface area contributed by atoms with Crippen molar-refractivity contribution in [2.75, 3.05) is 20.6 Å². The number of halogens is 1. The Morgan fingerprint density at radius 2 is 2.28 bits per heavy atom. The number of allylic oxidation sites excluding steroid dienone is 3. The van der Waals surface area contributed by atoms with E-state index in [-0.39, 0.29) is 5.92 Å². The number of nitrogens with zero attached hydrogens (tertiary/aromatic N) is 1. The molecule has 2 rings (SSSR count). The monoisotopic (exact) mass is 364 g/mol. The first-order chi connectivity index (χ1) is 8.66.